The number of hydrogen-bond donors (Lipinski definition) is 1. The Morgan fingerprint density at radius 2 is 1.66 bits per heavy atom. The predicted octanol–water partition coefficient (Wildman–Crippen LogP) is 6.04. The van der Waals surface area contributed by atoms with E-state index in [-0.39, 0.29) is 17.0 Å². The molecule has 1 aliphatic heterocycles. The maximum atomic E-state index is 13.4. The summed E-state index contributed by atoms with van der Waals surface area (Å²) in [5, 5.41) is 10.4. The van der Waals surface area contributed by atoms with Crippen LogP contribution >= 0.6 is 23.2 Å². The van der Waals surface area contributed by atoms with Gasteiger partial charge in [0.1, 0.15) is 17.9 Å². The normalized spacial score (nSPS) is 14.9. The third kappa shape index (κ3) is 5.98. The van der Waals surface area contributed by atoms with E-state index in [0.717, 1.165) is 27.4 Å². The summed E-state index contributed by atoms with van der Waals surface area (Å²) < 4.78 is 33.8. The summed E-state index contributed by atoms with van der Waals surface area (Å²) in [5.41, 5.74) is 2.80. The van der Waals surface area contributed by atoms with E-state index in [1.807, 2.05) is 26.0 Å². The molecule has 0 saturated carbocycles. The van der Waals surface area contributed by atoms with Gasteiger partial charge in [0.2, 0.25) is 10.0 Å². The number of fused-ring (bicyclic) bond motifs is 1. The van der Waals surface area contributed by atoms with Gasteiger partial charge >= 0.3 is 5.97 Å². The summed E-state index contributed by atoms with van der Waals surface area (Å²) in [5.74, 6) is -0.580. The van der Waals surface area contributed by atoms with Crippen LogP contribution in [0.1, 0.15) is 31.4 Å². The molecule has 0 aliphatic carbocycles. The van der Waals surface area contributed by atoms with Gasteiger partial charge in [-0.3, -0.25) is 4.79 Å². The lowest BCUT2D eigenvalue weighted by Crippen LogP contribution is -2.36. The number of nitrogens with zero attached hydrogens (tertiary/aromatic N) is 1. The van der Waals surface area contributed by atoms with Crippen LogP contribution in [0.3, 0.4) is 0 Å². The van der Waals surface area contributed by atoms with Crippen LogP contribution in [0.5, 0.6) is 5.75 Å². The lowest BCUT2D eigenvalue weighted by Gasteiger charge is -2.33. The number of rotatable bonds is 7. The SMILES string of the molecule is CC1(C)CCc2cc(S(=O)(=O)N(CC(=O)O)Cc3ccc(-c4cc(Cl)cc(Cl)c4)cc3)ccc2O1. The van der Waals surface area contributed by atoms with Crippen LogP contribution in [0.2, 0.25) is 10.0 Å². The molecule has 3 aromatic rings. The van der Waals surface area contributed by atoms with E-state index in [0.29, 0.717) is 27.8 Å². The zero-order valence-electron chi connectivity index (χ0n) is 19.3. The Kier molecular flexibility index (Phi) is 7.16. The highest BCUT2D eigenvalue weighted by atomic mass is 35.5. The van der Waals surface area contributed by atoms with Crippen molar-refractivity contribution >= 4 is 39.2 Å². The van der Waals surface area contributed by atoms with E-state index in [1.54, 1.807) is 42.5 Å². The van der Waals surface area contributed by atoms with Gasteiger partial charge in [-0.05, 0) is 85.3 Å². The summed E-state index contributed by atoms with van der Waals surface area (Å²) in [6.45, 7) is 3.23. The molecule has 0 atom stereocenters. The molecule has 1 aliphatic rings. The highest BCUT2D eigenvalue weighted by Crippen LogP contribution is 2.35. The molecular weight excluding hydrogens is 509 g/mol. The second-order valence-electron chi connectivity index (χ2n) is 9.15. The van der Waals surface area contributed by atoms with Crippen molar-refractivity contribution < 1.29 is 23.1 Å². The molecule has 0 saturated heterocycles. The molecule has 0 unspecified atom stereocenters. The minimum absolute atomic E-state index is 0.0472. The van der Waals surface area contributed by atoms with Crippen molar-refractivity contribution in [1.29, 1.82) is 0 Å². The van der Waals surface area contributed by atoms with Crippen molar-refractivity contribution in [3.63, 3.8) is 0 Å². The zero-order chi connectivity index (χ0) is 25.4. The highest BCUT2D eigenvalue weighted by molar-refractivity contribution is 7.89. The van der Waals surface area contributed by atoms with Gasteiger partial charge in [0.05, 0.1) is 4.90 Å². The Bertz CT molecular complexity index is 1350. The van der Waals surface area contributed by atoms with Crippen LogP contribution in [-0.2, 0) is 27.8 Å². The summed E-state index contributed by atoms with van der Waals surface area (Å²) in [4.78, 5) is 11.6. The molecule has 3 aromatic carbocycles. The van der Waals surface area contributed by atoms with Crippen LogP contribution in [-0.4, -0.2) is 35.9 Å². The Hall–Kier alpha value is -2.58. The third-order valence-corrected chi connectivity index (χ3v) is 8.10. The quantitative estimate of drug-likeness (QED) is 0.400. The van der Waals surface area contributed by atoms with Crippen LogP contribution in [0.15, 0.2) is 65.6 Å². The number of sulfonamides is 1. The van der Waals surface area contributed by atoms with Crippen molar-refractivity contribution in [2.75, 3.05) is 6.54 Å². The lowest BCUT2D eigenvalue weighted by molar-refractivity contribution is -0.137. The molecule has 6 nitrogen and oxygen atoms in total. The summed E-state index contributed by atoms with van der Waals surface area (Å²) in [7, 11) is -4.07. The second kappa shape index (κ2) is 9.82. The third-order valence-electron chi connectivity index (χ3n) is 5.87. The standard InChI is InChI=1S/C26H25Cl2NO5S/c1-26(2)10-9-19-13-23(7-8-24(19)34-26)35(32,33)29(16-25(30)31)15-17-3-5-18(6-4-17)20-11-21(27)14-22(28)12-20/h3-8,11-14H,9-10,15-16H2,1-2H3,(H,30,31). The van der Waals surface area contributed by atoms with Gasteiger partial charge in [-0.25, -0.2) is 8.42 Å². The minimum atomic E-state index is -4.07. The Labute approximate surface area is 215 Å². The van der Waals surface area contributed by atoms with Crippen LogP contribution in [0.25, 0.3) is 11.1 Å². The molecule has 4 rings (SSSR count). The largest absolute Gasteiger partial charge is 0.488 e. The van der Waals surface area contributed by atoms with Crippen LogP contribution < -0.4 is 4.74 Å². The molecule has 0 fully saturated rings. The van der Waals surface area contributed by atoms with Gasteiger partial charge in [0.25, 0.3) is 0 Å². The smallest absolute Gasteiger partial charge is 0.318 e. The van der Waals surface area contributed by atoms with E-state index in [9.17, 15) is 18.3 Å². The maximum absolute atomic E-state index is 13.4. The maximum Gasteiger partial charge on any atom is 0.318 e. The van der Waals surface area contributed by atoms with Crippen molar-refractivity contribution in [3.8, 4) is 16.9 Å². The van der Waals surface area contributed by atoms with Gasteiger partial charge in [0, 0.05) is 16.6 Å². The van der Waals surface area contributed by atoms with E-state index < -0.39 is 22.5 Å². The predicted molar refractivity (Wildman–Crippen MR) is 137 cm³/mol. The summed E-state index contributed by atoms with van der Waals surface area (Å²) >= 11 is 12.2. The van der Waals surface area contributed by atoms with Crippen molar-refractivity contribution in [3.05, 3.63) is 81.8 Å². The van der Waals surface area contributed by atoms with Gasteiger partial charge in [0.15, 0.2) is 0 Å². The van der Waals surface area contributed by atoms with Gasteiger partial charge in [-0.2, -0.15) is 4.31 Å². The molecule has 0 amide bonds. The summed E-state index contributed by atoms with van der Waals surface area (Å²) in [6.07, 6.45) is 1.44. The average Bonchev–Trinajstić information content (AvgIpc) is 2.77. The Morgan fingerprint density at radius 3 is 2.29 bits per heavy atom. The number of aryl methyl sites for hydroxylation is 1. The first-order chi connectivity index (χ1) is 16.4. The van der Waals surface area contributed by atoms with E-state index in [2.05, 4.69) is 0 Å². The number of ether oxygens (including phenoxy) is 1. The van der Waals surface area contributed by atoms with Crippen molar-refractivity contribution in [2.24, 2.45) is 0 Å². The first-order valence-electron chi connectivity index (χ1n) is 11.0. The molecule has 0 spiro atoms. The van der Waals surface area contributed by atoms with E-state index in [1.165, 1.54) is 6.07 Å². The fourth-order valence-electron chi connectivity index (χ4n) is 4.05. The zero-order valence-corrected chi connectivity index (χ0v) is 21.6. The fraction of sp³-hybridized carbons (Fsp3) is 0.269. The molecule has 0 aromatic heterocycles. The Balaban J connectivity index is 1.60. The number of halogens is 2. The second-order valence-corrected chi connectivity index (χ2v) is 12.0. The molecule has 0 radical (unpaired) electrons. The highest BCUT2D eigenvalue weighted by Gasteiger charge is 2.31. The first kappa shape index (κ1) is 25.5. The summed E-state index contributed by atoms with van der Waals surface area (Å²) in [6, 6.07) is 17.1. The van der Waals surface area contributed by atoms with E-state index in [4.69, 9.17) is 27.9 Å². The molecule has 184 valence electrons. The number of carboxylic acid groups (broad SMARTS) is 1. The lowest BCUT2D eigenvalue weighted by atomic mass is 9.94. The van der Waals surface area contributed by atoms with Crippen molar-refractivity contribution in [1.82, 2.24) is 4.31 Å². The molecule has 35 heavy (non-hydrogen) atoms. The fourth-order valence-corrected chi connectivity index (χ4v) is 6.00. The average molecular weight is 534 g/mol. The molecular formula is C26H25Cl2NO5S. The van der Waals surface area contributed by atoms with E-state index >= 15 is 0 Å². The van der Waals surface area contributed by atoms with Gasteiger partial charge in [-0.15, -0.1) is 0 Å². The number of carbonyl (C=O) groups is 1. The van der Waals surface area contributed by atoms with Gasteiger partial charge in [-0.1, -0.05) is 47.5 Å². The first-order valence-corrected chi connectivity index (χ1v) is 13.2. The molecule has 1 N–H and O–H groups in total. The number of carboxylic acids is 1. The molecule has 1 heterocycles. The minimum Gasteiger partial charge on any atom is -0.488 e. The monoisotopic (exact) mass is 533 g/mol. The molecule has 9 heteroatoms. The van der Waals surface area contributed by atoms with Crippen LogP contribution in [0, 0.1) is 0 Å². The van der Waals surface area contributed by atoms with Crippen LogP contribution in [0.4, 0.5) is 0 Å². The molecule has 0 bridgehead atoms. The number of benzene rings is 3. The van der Waals surface area contributed by atoms with Gasteiger partial charge < -0.3 is 9.84 Å². The number of hydrogen-bond acceptors (Lipinski definition) is 4. The van der Waals surface area contributed by atoms with Crippen molar-refractivity contribution in [2.45, 2.75) is 43.7 Å². The number of aliphatic carboxylic acids is 1. The topological polar surface area (TPSA) is 83.9 Å². The Morgan fingerprint density at radius 1 is 1.00 bits per heavy atom.